The van der Waals surface area contributed by atoms with Gasteiger partial charge >= 0.3 is 12.1 Å². The van der Waals surface area contributed by atoms with Gasteiger partial charge in [0.2, 0.25) is 0 Å². The van der Waals surface area contributed by atoms with Gasteiger partial charge in [-0.05, 0) is 33.6 Å². The predicted octanol–water partition coefficient (Wildman–Crippen LogP) is 3.28. The molecule has 0 spiro atoms. The van der Waals surface area contributed by atoms with Crippen molar-refractivity contribution in [1.29, 1.82) is 0 Å². The second kappa shape index (κ2) is 7.65. The van der Waals surface area contributed by atoms with Crippen LogP contribution in [0.3, 0.4) is 0 Å². The maximum atomic E-state index is 12.3. The Hall–Kier alpha value is -2.41. The average molecular weight is 405 g/mol. The van der Waals surface area contributed by atoms with Crippen LogP contribution in [-0.4, -0.2) is 40.1 Å². The number of hydrogen-bond donors (Lipinski definition) is 1. The number of carbonyl (C=O) groups excluding carboxylic acids is 1. The van der Waals surface area contributed by atoms with E-state index in [2.05, 4.69) is 20.9 Å². The van der Waals surface area contributed by atoms with Gasteiger partial charge in [0, 0.05) is 35.4 Å². The summed E-state index contributed by atoms with van der Waals surface area (Å²) in [5, 5.41) is 9.49. The number of amides is 1. The van der Waals surface area contributed by atoms with Gasteiger partial charge in [-0.15, -0.1) is 0 Å². The van der Waals surface area contributed by atoms with Crippen molar-refractivity contribution >= 4 is 28.0 Å². The van der Waals surface area contributed by atoms with Crippen LogP contribution in [0.1, 0.15) is 17.2 Å². The highest BCUT2D eigenvalue weighted by atomic mass is 79.9. The topological polar surface area (TPSA) is 79.7 Å². The molecule has 1 aromatic heterocycles. The average Bonchev–Trinajstić information content (AvgIpc) is 3.07. The van der Waals surface area contributed by atoms with Crippen LogP contribution in [0, 0.1) is 5.92 Å². The molecule has 1 saturated heterocycles. The molecule has 0 bridgehead atoms. The fourth-order valence-corrected chi connectivity index (χ4v) is 3.15. The number of pyridine rings is 1. The lowest BCUT2D eigenvalue weighted by Gasteiger charge is -2.16. The van der Waals surface area contributed by atoms with E-state index in [1.165, 1.54) is 4.90 Å². The number of aliphatic carboxylic acids is 1. The molecule has 2 atom stereocenters. The molecule has 130 valence electrons. The number of hydrogen-bond acceptors (Lipinski definition) is 4. The lowest BCUT2D eigenvalue weighted by Crippen LogP contribution is -2.30. The zero-order valence-corrected chi connectivity index (χ0v) is 14.9. The Labute approximate surface area is 153 Å². The lowest BCUT2D eigenvalue weighted by atomic mass is 9.93. The number of carboxylic acid groups (broad SMARTS) is 1. The van der Waals surface area contributed by atoms with Crippen LogP contribution >= 0.6 is 15.9 Å². The Morgan fingerprint density at radius 1 is 1.20 bits per heavy atom. The van der Waals surface area contributed by atoms with Gasteiger partial charge in [0.15, 0.2) is 0 Å². The molecule has 2 unspecified atom stereocenters. The van der Waals surface area contributed by atoms with Gasteiger partial charge in [0.25, 0.3) is 0 Å². The van der Waals surface area contributed by atoms with Crippen molar-refractivity contribution in [2.75, 3.05) is 13.1 Å². The highest BCUT2D eigenvalue weighted by Crippen LogP contribution is 2.32. The lowest BCUT2D eigenvalue weighted by molar-refractivity contribution is -0.141. The molecule has 0 saturated carbocycles. The number of halogens is 1. The largest absolute Gasteiger partial charge is 0.481 e. The van der Waals surface area contributed by atoms with Gasteiger partial charge in [-0.2, -0.15) is 0 Å². The van der Waals surface area contributed by atoms with Gasteiger partial charge in [0.1, 0.15) is 6.61 Å². The van der Waals surface area contributed by atoms with Crippen molar-refractivity contribution in [2.45, 2.75) is 12.5 Å². The van der Waals surface area contributed by atoms with E-state index in [1.54, 1.807) is 12.3 Å². The summed E-state index contributed by atoms with van der Waals surface area (Å²) in [4.78, 5) is 29.6. The van der Waals surface area contributed by atoms with Crippen molar-refractivity contribution in [3.63, 3.8) is 0 Å². The minimum Gasteiger partial charge on any atom is -0.481 e. The number of carboxylic acids is 1. The van der Waals surface area contributed by atoms with Crippen LogP contribution in [0.4, 0.5) is 4.79 Å². The molecular formula is C18H17BrN2O4. The van der Waals surface area contributed by atoms with E-state index >= 15 is 0 Å². The molecule has 25 heavy (non-hydrogen) atoms. The first-order valence-electron chi connectivity index (χ1n) is 7.84. The minimum absolute atomic E-state index is 0.116. The summed E-state index contributed by atoms with van der Waals surface area (Å²) in [5.74, 6) is -1.99. The number of ether oxygens (including phenoxy) is 1. The summed E-state index contributed by atoms with van der Waals surface area (Å²) >= 11 is 3.31. The second-order valence-electron chi connectivity index (χ2n) is 5.90. The molecule has 1 aliphatic rings. The Bertz CT molecular complexity index is 751. The van der Waals surface area contributed by atoms with Gasteiger partial charge < -0.3 is 14.7 Å². The standard InChI is InChI=1S/C18H17BrN2O4/c19-13-6-7-16(20-8-13)14-9-21(10-15(14)17(22)23)18(24)25-11-12-4-2-1-3-5-12/h1-8,14-15H,9-11H2,(H,22,23). The van der Waals surface area contributed by atoms with Crippen molar-refractivity contribution in [1.82, 2.24) is 9.88 Å². The highest BCUT2D eigenvalue weighted by Gasteiger charge is 2.41. The summed E-state index contributed by atoms with van der Waals surface area (Å²) in [5.41, 5.74) is 1.55. The number of carbonyl (C=O) groups is 2. The van der Waals surface area contributed by atoms with Crippen molar-refractivity contribution in [2.24, 2.45) is 5.92 Å². The van der Waals surface area contributed by atoms with E-state index in [0.29, 0.717) is 5.69 Å². The number of likely N-dealkylation sites (tertiary alicyclic amines) is 1. The molecule has 1 amide bonds. The van der Waals surface area contributed by atoms with Crippen molar-refractivity contribution in [3.05, 3.63) is 64.4 Å². The highest BCUT2D eigenvalue weighted by molar-refractivity contribution is 9.10. The first-order valence-corrected chi connectivity index (χ1v) is 8.64. The third kappa shape index (κ3) is 4.17. The first-order chi connectivity index (χ1) is 12.0. The molecular weight excluding hydrogens is 388 g/mol. The number of benzene rings is 1. The Balaban J connectivity index is 1.68. The number of nitrogens with zero attached hydrogens (tertiary/aromatic N) is 2. The molecule has 3 rings (SSSR count). The maximum absolute atomic E-state index is 12.3. The smallest absolute Gasteiger partial charge is 0.410 e. The molecule has 7 heteroatoms. The first kappa shape index (κ1) is 17.4. The molecule has 6 nitrogen and oxygen atoms in total. The molecule has 1 N–H and O–H groups in total. The molecule has 1 aliphatic heterocycles. The molecule has 1 aromatic carbocycles. The third-order valence-corrected chi connectivity index (χ3v) is 4.70. The summed E-state index contributed by atoms with van der Waals surface area (Å²) in [7, 11) is 0. The monoisotopic (exact) mass is 404 g/mol. The summed E-state index contributed by atoms with van der Waals surface area (Å²) in [6, 6.07) is 13.0. The van der Waals surface area contributed by atoms with Crippen LogP contribution in [-0.2, 0) is 16.1 Å². The molecule has 2 heterocycles. The van der Waals surface area contributed by atoms with Gasteiger partial charge in [0.05, 0.1) is 5.92 Å². The van der Waals surface area contributed by atoms with E-state index in [4.69, 9.17) is 4.74 Å². The molecule has 0 aliphatic carbocycles. The van der Waals surface area contributed by atoms with E-state index in [1.807, 2.05) is 36.4 Å². The fourth-order valence-electron chi connectivity index (χ4n) is 2.92. The summed E-state index contributed by atoms with van der Waals surface area (Å²) in [6.45, 7) is 0.555. The summed E-state index contributed by atoms with van der Waals surface area (Å²) in [6.07, 6.45) is 1.12. The Kier molecular flexibility index (Phi) is 5.33. The zero-order chi connectivity index (χ0) is 17.8. The minimum atomic E-state index is -0.937. The van der Waals surface area contributed by atoms with Crippen molar-refractivity contribution in [3.8, 4) is 0 Å². The molecule has 0 radical (unpaired) electrons. The van der Waals surface area contributed by atoms with Crippen LogP contribution in [0.15, 0.2) is 53.1 Å². The quantitative estimate of drug-likeness (QED) is 0.845. The van der Waals surface area contributed by atoms with Gasteiger partial charge in [-0.1, -0.05) is 30.3 Å². The molecule has 1 fully saturated rings. The van der Waals surface area contributed by atoms with E-state index in [-0.39, 0.29) is 25.6 Å². The summed E-state index contributed by atoms with van der Waals surface area (Å²) < 4.78 is 6.13. The van der Waals surface area contributed by atoms with Gasteiger partial charge in [-0.3, -0.25) is 9.78 Å². The fraction of sp³-hybridized carbons (Fsp3) is 0.278. The van der Waals surface area contributed by atoms with E-state index in [9.17, 15) is 14.7 Å². The van der Waals surface area contributed by atoms with Crippen LogP contribution < -0.4 is 0 Å². The van der Waals surface area contributed by atoms with Crippen LogP contribution in [0.5, 0.6) is 0 Å². The third-order valence-electron chi connectivity index (χ3n) is 4.23. The van der Waals surface area contributed by atoms with Gasteiger partial charge in [-0.25, -0.2) is 4.79 Å². The second-order valence-corrected chi connectivity index (χ2v) is 6.81. The van der Waals surface area contributed by atoms with Crippen LogP contribution in [0.2, 0.25) is 0 Å². The van der Waals surface area contributed by atoms with E-state index in [0.717, 1.165) is 10.0 Å². The van der Waals surface area contributed by atoms with E-state index < -0.39 is 18.0 Å². The number of aromatic nitrogens is 1. The normalized spacial score (nSPS) is 19.6. The predicted molar refractivity (Wildman–Crippen MR) is 94.0 cm³/mol. The van der Waals surface area contributed by atoms with Crippen LogP contribution in [0.25, 0.3) is 0 Å². The maximum Gasteiger partial charge on any atom is 0.410 e. The number of rotatable bonds is 4. The van der Waals surface area contributed by atoms with Crippen molar-refractivity contribution < 1.29 is 19.4 Å². The zero-order valence-electron chi connectivity index (χ0n) is 13.3. The molecule has 2 aromatic rings. The Morgan fingerprint density at radius 3 is 2.60 bits per heavy atom. The Morgan fingerprint density at radius 2 is 1.96 bits per heavy atom. The SMILES string of the molecule is O=C(O)C1CN(C(=O)OCc2ccccc2)CC1c1ccc(Br)cn1.